The average molecular weight is 529 g/mol. The van der Waals surface area contributed by atoms with E-state index in [1.54, 1.807) is 57.5 Å². The second-order valence-corrected chi connectivity index (χ2v) is 10.8. The van der Waals surface area contributed by atoms with E-state index in [1.807, 2.05) is 11.4 Å². The molecule has 1 aliphatic heterocycles. The van der Waals surface area contributed by atoms with Gasteiger partial charge in [-0.15, -0.1) is 11.3 Å². The fourth-order valence-electron chi connectivity index (χ4n) is 4.33. The summed E-state index contributed by atoms with van der Waals surface area (Å²) in [6, 6.07) is 14.5. The van der Waals surface area contributed by atoms with Crippen molar-refractivity contribution in [1.29, 1.82) is 0 Å². The number of amides is 2. The first-order valence-corrected chi connectivity index (χ1v) is 13.4. The Bertz CT molecular complexity index is 1210. The molecule has 5 nitrogen and oxygen atoms in total. The van der Waals surface area contributed by atoms with Gasteiger partial charge in [0.25, 0.3) is 5.91 Å². The molecule has 0 saturated heterocycles. The minimum atomic E-state index is -0.374. The number of thiophene rings is 1. The maximum absolute atomic E-state index is 13.7. The molecule has 0 spiro atoms. The summed E-state index contributed by atoms with van der Waals surface area (Å²) in [5.74, 6) is 0.0664. The summed E-state index contributed by atoms with van der Waals surface area (Å²) < 4.78 is 19.6. The SMILES string of the molecule is CC(C)CCN(CC(=O)N1CCc2sccc2[C@@H]1COc1cccc(F)c1)C(=O)c1cccc(Cl)c1. The smallest absolute Gasteiger partial charge is 0.254 e. The van der Waals surface area contributed by atoms with Crippen molar-refractivity contribution in [2.45, 2.75) is 32.7 Å². The highest BCUT2D eigenvalue weighted by molar-refractivity contribution is 7.10. The Morgan fingerprint density at radius 3 is 2.75 bits per heavy atom. The maximum atomic E-state index is 13.7. The highest BCUT2D eigenvalue weighted by Crippen LogP contribution is 2.34. The van der Waals surface area contributed by atoms with Gasteiger partial charge in [-0.2, -0.15) is 0 Å². The van der Waals surface area contributed by atoms with E-state index < -0.39 is 0 Å². The van der Waals surface area contributed by atoms with E-state index in [1.165, 1.54) is 17.0 Å². The van der Waals surface area contributed by atoms with Crippen molar-refractivity contribution in [3.63, 3.8) is 0 Å². The van der Waals surface area contributed by atoms with Crippen LogP contribution in [0.4, 0.5) is 4.39 Å². The molecule has 2 amide bonds. The number of hydrogen-bond acceptors (Lipinski definition) is 4. The van der Waals surface area contributed by atoms with Crippen LogP contribution in [0.15, 0.2) is 60.0 Å². The Kier molecular flexibility index (Phi) is 8.64. The van der Waals surface area contributed by atoms with Crippen LogP contribution in [0.2, 0.25) is 5.02 Å². The Morgan fingerprint density at radius 2 is 2.00 bits per heavy atom. The van der Waals surface area contributed by atoms with E-state index in [0.717, 1.165) is 18.4 Å². The van der Waals surface area contributed by atoms with Gasteiger partial charge in [0.2, 0.25) is 5.91 Å². The van der Waals surface area contributed by atoms with Gasteiger partial charge in [-0.3, -0.25) is 9.59 Å². The monoisotopic (exact) mass is 528 g/mol. The Labute approximate surface area is 220 Å². The molecule has 3 aromatic rings. The fraction of sp³-hybridized carbons (Fsp3) is 0.357. The third-order valence-corrected chi connectivity index (χ3v) is 7.51. The summed E-state index contributed by atoms with van der Waals surface area (Å²) in [7, 11) is 0. The Balaban J connectivity index is 1.53. The molecule has 1 aromatic heterocycles. The third-order valence-electron chi connectivity index (χ3n) is 6.28. The van der Waals surface area contributed by atoms with Gasteiger partial charge in [0.05, 0.1) is 6.04 Å². The summed E-state index contributed by atoms with van der Waals surface area (Å²) in [5, 5.41) is 2.50. The van der Waals surface area contributed by atoms with Crippen LogP contribution in [0.25, 0.3) is 0 Å². The van der Waals surface area contributed by atoms with Gasteiger partial charge >= 0.3 is 0 Å². The van der Waals surface area contributed by atoms with Gasteiger partial charge in [0, 0.05) is 34.6 Å². The number of rotatable bonds is 9. The number of carbonyl (C=O) groups is 2. The highest BCUT2D eigenvalue weighted by atomic mass is 35.5. The van der Waals surface area contributed by atoms with Gasteiger partial charge < -0.3 is 14.5 Å². The molecule has 0 radical (unpaired) electrons. The molecule has 0 unspecified atom stereocenters. The second-order valence-electron chi connectivity index (χ2n) is 9.34. The van der Waals surface area contributed by atoms with E-state index in [-0.39, 0.29) is 36.8 Å². The lowest BCUT2D eigenvalue weighted by Crippen LogP contribution is -2.48. The zero-order valence-corrected chi connectivity index (χ0v) is 22.0. The molecule has 2 heterocycles. The lowest BCUT2D eigenvalue weighted by Gasteiger charge is -2.37. The first kappa shape index (κ1) is 26.2. The quantitative estimate of drug-likeness (QED) is 0.330. The van der Waals surface area contributed by atoms with Crippen LogP contribution in [0.5, 0.6) is 5.75 Å². The average Bonchev–Trinajstić information content (AvgIpc) is 3.33. The van der Waals surface area contributed by atoms with Crippen LogP contribution >= 0.6 is 22.9 Å². The summed E-state index contributed by atoms with van der Waals surface area (Å²) in [6.45, 7) is 5.35. The summed E-state index contributed by atoms with van der Waals surface area (Å²) in [6.07, 6.45) is 1.53. The molecule has 190 valence electrons. The Morgan fingerprint density at radius 1 is 1.19 bits per heavy atom. The fourth-order valence-corrected chi connectivity index (χ4v) is 5.45. The molecule has 0 bridgehead atoms. The predicted octanol–water partition coefficient (Wildman–Crippen LogP) is 6.23. The second kappa shape index (κ2) is 11.9. The number of ether oxygens (including phenoxy) is 1. The van der Waals surface area contributed by atoms with Crippen LogP contribution in [0.1, 0.15) is 47.1 Å². The zero-order valence-electron chi connectivity index (χ0n) is 20.5. The zero-order chi connectivity index (χ0) is 25.7. The number of carbonyl (C=O) groups excluding carboxylic acids is 2. The van der Waals surface area contributed by atoms with E-state index >= 15 is 0 Å². The van der Waals surface area contributed by atoms with Crippen LogP contribution < -0.4 is 4.74 Å². The van der Waals surface area contributed by atoms with Gasteiger partial charge in [-0.25, -0.2) is 4.39 Å². The Hall–Kier alpha value is -2.90. The molecular formula is C28H30ClFN2O3S. The molecular weight excluding hydrogens is 499 g/mol. The van der Waals surface area contributed by atoms with Crippen molar-refractivity contribution in [3.8, 4) is 5.75 Å². The molecule has 1 atom stereocenters. The van der Waals surface area contributed by atoms with Crippen LogP contribution in [-0.2, 0) is 11.2 Å². The summed E-state index contributed by atoms with van der Waals surface area (Å²) >= 11 is 7.78. The van der Waals surface area contributed by atoms with Gasteiger partial charge in [-0.05, 0) is 66.1 Å². The van der Waals surface area contributed by atoms with Crippen molar-refractivity contribution < 1.29 is 18.7 Å². The van der Waals surface area contributed by atoms with E-state index in [4.69, 9.17) is 16.3 Å². The number of fused-ring (bicyclic) bond motifs is 1. The van der Waals surface area contributed by atoms with E-state index in [0.29, 0.717) is 35.3 Å². The van der Waals surface area contributed by atoms with E-state index in [9.17, 15) is 14.0 Å². The summed E-state index contributed by atoms with van der Waals surface area (Å²) in [5.41, 5.74) is 1.51. The van der Waals surface area contributed by atoms with Gasteiger partial charge in [0.15, 0.2) is 0 Å². The van der Waals surface area contributed by atoms with E-state index in [2.05, 4.69) is 13.8 Å². The highest BCUT2D eigenvalue weighted by Gasteiger charge is 2.33. The molecule has 0 N–H and O–H groups in total. The molecule has 2 aromatic carbocycles. The molecule has 4 rings (SSSR count). The maximum Gasteiger partial charge on any atom is 0.254 e. The topological polar surface area (TPSA) is 49.9 Å². The van der Waals surface area contributed by atoms with Crippen molar-refractivity contribution in [3.05, 3.63) is 86.8 Å². The van der Waals surface area contributed by atoms with Gasteiger partial charge in [-0.1, -0.05) is 37.6 Å². The number of benzene rings is 2. The molecule has 0 fully saturated rings. The van der Waals surface area contributed by atoms with Crippen molar-refractivity contribution in [1.82, 2.24) is 9.80 Å². The predicted molar refractivity (Wildman–Crippen MR) is 141 cm³/mol. The molecule has 36 heavy (non-hydrogen) atoms. The molecule has 0 aliphatic carbocycles. The number of hydrogen-bond donors (Lipinski definition) is 0. The van der Waals surface area contributed by atoms with Crippen LogP contribution in [0, 0.1) is 11.7 Å². The minimum absolute atomic E-state index is 0.0337. The lowest BCUT2D eigenvalue weighted by molar-refractivity contribution is -0.135. The third kappa shape index (κ3) is 6.45. The first-order chi connectivity index (χ1) is 17.3. The molecule has 1 aliphatic rings. The molecule has 0 saturated carbocycles. The van der Waals surface area contributed by atoms with Crippen molar-refractivity contribution in [2.24, 2.45) is 5.92 Å². The standard InChI is InChI=1S/C28H30ClFN2O3S/c1-19(2)9-12-31(28(34)20-5-3-6-21(29)15-20)17-27(33)32-13-10-26-24(11-14-36-26)25(32)18-35-23-8-4-7-22(30)16-23/h3-8,11,14-16,19,25H,9-10,12-13,17-18H2,1-2H3/t25-/m0/s1. The lowest BCUT2D eigenvalue weighted by atomic mass is 10.00. The van der Waals surface area contributed by atoms with Gasteiger partial charge in [0.1, 0.15) is 24.7 Å². The largest absolute Gasteiger partial charge is 0.491 e. The summed E-state index contributed by atoms with van der Waals surface area (Å²) in [4.78, 5) is 31.6. The van der Waals surface area contributed by atoms with Crippen LogP contribution in [-0.4, -0.2) is 47.9 Å². The van der Waals surface area contributed by atoms with Crippen molar-refractivity contribution in [2.75, 3.05) is 26.2 Å². The normalized spacial score (nSPS) is 15.0. The van der Waals surface area contributed by atoms with Crippen molar-refractivity contribution >= 4 is 34.8 Å². The first-order valence-electron chi connectivity index (χ1n) is 12.1. The minimum Gasteiger partial charge on any atom is -0.491 e. The molecule has 8 heteroatoms. The van der Waals surface area contributed by atoms with Crippen LogP contribution in [0.3, 0.4) is 0 Å². The number of nitrogens with zero attached hydrogens (tertiary/aromatic N) is 2. The number of halogens is 2.